The van der Waals surface area contributed by atoms with E-state index in [2.05, 4.69) is 0 Å². The number of hydrogen-bond acceptors (Lipinski definition) is 2. The number of nitrogens with zero attached hydrogens (tertiary/aromatic N) is 1. The van der Waals surface area contributed by atoms with Crippen LogP contribution in [0.3, 0.4) is 0 Å². The molecule has 1 amide bonds. The van der Waals surface area contributed by atoms with Crippen molar-refractivity contribution < 1.29 is 4.79 Å². The Bertz CT molecular complexity index is 545. The lowest BCUT2D eigenvalue weighted by Gasteiger charge is -2.27. The Hall–Kier alpha value is -0.770. The Morgan fingerprint density at radius 1 is 1.19 bits per heavy atom. The van der Waals surface area contributed by atoms with Gasteiger partial charge in [-0.05, 0) is 43.4 Å². The van der Waals surface area contributed by atoms with Gasteiger partial charge in [-0.25, -0.2) is 0 Å². The van der Waals surface area contributed by atoms with Gasteiger partial charge in [-0.15, -0.1) is 0 Å². The lowest BCUT2D eigenvalue weighted by molar-refractivity contribution is -0.137. The van der Waals surface area contributed by atoms with Gasteiger partial charge in [-0.3, -0.25) is 4.79 Å². The van der Waals surface area contributed by atoms with Gasteiger partial charge in [0.15, 0.2) is 0 Å². The molecule has 2 unspecified atom stereocenters. The molecule has 1 aromatic rings. The summed E-state index contributed by atoms with van der Waals surface area (Å²) in [5, 5.41) is 1.08. The standard InChI is InChI=1S/C16H20Cl2N2O/c17-13-7-4-10(8-14(13)18)9-20(11-5-6-11)16(21)12-2-1-3-15(12)19/h4,7-8,11-12,15H,1-3,5-6,9,19H2. The van der Waals surface area contributed by atoms with Crippen molar-refractivity contribution in [1.82, 2.24) is 4.90 Å². The lowest BCUT2D eigenvalue weighted by Crippen LogP contribution is -2.42. The molecule has 0 bridgehead atoms. The van der Waals surface area contributed by atoms with Crippen molar-refractivity contribution in [3.63, 3.8) is 0 Å². The van der Waals surface area contributed by atoms with Crippen LogP contribution in [0.4, 0.5) is 0 Å². The van der Waals surface area contributed by atoms with Crippen LogP contribution in [0.2, 0.25) is 10.0 Å². The number of benzene rings is 1. The van der Waals surface area contributed by atoms with Gasteiger partial charge in [0, 0.05) is 18.6 Å². The molecular weight excluding hydrogens is 307 g/mol. The summed E-state index contributed by atoms with van der Waals surface area (Å²) in [7, 11) is 0. The molecule has 0 aliphatic heterocycles. The summed E-state index contributed by atoms with van der Waals surface area (Å²) in [5.74, 6) is 0.210. The van der Waals surface area contributed by atoms with Crippen molar-refractivity contribution in [2.75, 3.05) is 0 Å². The Morgan fingerprint density at radius 3 is 2.52 bits per heavy atom. The van der Waals surface area contributed by atoms with Crippen molar-refractivity contribution >= 4 is 29.1 Å². The number of hydrogen-bond donors (Lipinski definition) is 1. The summed E-state index contributed by atoms with van der Waals surface area (Å²) < 4.78 is 0. The second-order valence-electron chi connectivity index (χ2n) is 6.15. The van der Waals surface area contributed by atoms with Crippen LogP contribution in [0.15, 0.2) is 18.2 Å². The van der Waals surface area contributed by atoms with Gasteiger partial charge in [0.2, 0.25) is 5.91 Å². The van der Waals surface area contributed by atoms with Crippen molar-refractivity contribution in [3.05, 3.63) is 33.8 Å². The van der Waals surface area contributed by atoms with Gasteiger partial charge >= 0.3 is 0 Å². The first kappa shape index (κ1) is 15.1. The highest BCUT2D eigenvalue weighted by molar-refractivity contribution is 6.42. The van der Waals surface area contributed by atoms with Gasteiger partial charge in [-0.2, -0.15) is 0 Å². The maximum atomic E-state index is 12.8. The molecule has 2 fully saturated rings. The molecule has 114 valence electrons. The SMILES string of the molecule is NC1CCCC1C(=O)N(Cc1ccc(Cl)c(Cl)c1)C1CC1. The van der Waals surface area contributed by atoms with Crippen LogP contribution in [0.25, 0.3) is 0 Å². The number of carbonyl (C=O) groups is 1. The maximum absolute atomic E-state index is 12.8. The van der Waals surface area contributed by atoms with E-state index in [1.54, 1.807) is 6.07 Å². The molecule has 2 atom stereocenters. The number of carbonyl (C=O) groups excluding carboxylic acids is 1. The fourth-order valence-electron chi connectivity index (χ4n) is 3.12. The van der Waals surface area contributed by atoms with E-state index in [0.29, 0.717) is 22.6 Å². The lowest BCUT2D eigenvalue weighted by atomic mass is 10.0. The summed E-state index contributed by atoms with van der Waals surface area (Å²) in [5.41, 5.74) is 7.11. The number of nitrogens with two attached hydrogens (primary N) is 1. The first-order chi connectivity index (χ1) is 10.1. The van der Waals surface area contributed by atoms with E-state index in [1.807, 2.05) is 17.0 Å². The quantitative estimate of drug-likeness (QED) is 0.918. The Labute approximate surface area is 135 Å². The molecule has 2 aliphatic rings. The monoisotopic (exact) mass is 326 g/mol. The fraction of sp³-hybridized carbons (Fsp3) is 0.562. The predicted molar refractivity (Wildman–Crippen MR) is 85.4 cm³/mol. The molecular formula is C16H20Cl2N2O. The minimum absolute atomic E-state index is 0.00614. The summed E-state index contributed by atoms with van der Waals surface area (Å²) in [4.78, 5) is 14.8. The van der Waals surface area contributed by atoms with Crippen LogP contribution in [-0.4, -0.2) is 22.9 Å². The first-order valence-corrected chi connectivity index (χ1v) is 8.32. The first-order valence-electron chi connectivity index (χ1n) is 7.56. The van der Waals surface area contributed by atoms with E-state index in [0.717, 1.165) is 37.7 Å². The zero-order chi connectivity index (χ0) is 15.0. The molecule has 0 radical (unpaired) electrons. The summed E-state index contributed by atoms with van der Waals surface area (Å²) in [6, 6.07) is 5.97. The zero-order valence-electron chi connectivity index (χ0n) is 11.9. The number of amides is 1. The predicted octanol–water partition coefficient (Wildman–Crippen LogP) is 3.61. The van der Waals surface area contributed by atoms with Gasteiger partial charge < -0.3 is 10.6 Å². The van der Waals surface area contributed by atoms with Crippen LogP contribution in [0.5, 0.6) is 0 Å². The van der Waals surface area contributed by atoms with Crippen molar-refractivity contribution in [2.45, 2.75) is 50.7 Å². The van der Waals surface area contributed by atoms with Crippen LogP contribution in [-0.2, 0) is 11.3 Å². The minimum atomic E-state index is -0.00614. The largest absolute Gasteiger partial charge is 0.335 e. The maximum Gasteiger partial charge on any atom is 0.227 e. The molecule has 0 aromatic heterocycles. The van der Waals surface area contributed by atoms with Gasteiger partial charge in [-0.1, -0.05) is 35.7 Å². The molecule has 0 heterocycles. The average Bonchev–Trinajstić information content (AvgIpc) is 3.21. The van der Waals surface area contributed by atoms with Crippen LogP contribution in [0.1, 0.15) is 37.7 Å². The molecule has 1 aromatic carbocycles. The van der Waals surface area contributed by atoms with Crippen LogP contribution < -0.4 is 5.73 Å². The van der Waals surface area contributed by atoms with Crippen molar-refractivity contribution in [3.8, 4) is 0 Å². The van der Waals surface area contributed by atoms with E-state index < -0.39 is 0 Å². The molecule has 0 spiro atoms. The molecule has 2 N–H and O–H groups in total. The fourth-order valence-corrected chi connectivity index (χ4v) is 3.44. The summed E-state index contributed by atoms with van der Waals surface area (Å²) in [6.07, 6.45) is 5.12. The zero-order valence-corrected chi connectivity index (χ0v) is 13.4. The highest BCUT2D eigenvalue weighted by Gasteiger charge is 2.39. The summed E-state index contributed by atoms with van der Waals surface area (Å²) >= 11 is 12.0. The molecule has 5 heteroatoms. The Kier molecular flexibility index (Phi) is 4.43. The van der Waals surface area contributed by atoms with E-state index >= 15 is 0 Å². The smallest absolute Gasteiger partial charge is 0.227 e. The molecule has 3 nitrogen and oxygen atoms in total. The molecule has 3 rings (SSSR count). The number of halogens is 2. The second kappa shape index (κ2) is 6.15. The highest BCUT2D eigenvalue weighted by Crippen LogP contribution is 2.34. The second-order valence-corrected chi connectivity index (χ2v) is 6.96. The Balaban J connectivity index is 1.75. The third kappa shape index (κ3) is 3.36. The van der Waals surface area contributed by atoms with E-state index in [9.17, 15) is 4.79 Å². The van der Waals surface area contributed by atoms with E-state index in [-0.39, 0.29) is 17.9 Å². The van der Waals surface area contributed by atoms with Crippen molar-refractivity contribution in [1.29, 1.82) is 0 Å². The van der Waals surface area contributed by atoms with E-state index in [4.69, 9.17) is 28.9 Å². The molecule has 2 aliphatic carbocycles. The molecule has 0 saturated heterocycles. The summed E-state index contributed by atoms with van der Waals surface area (Å²) in [6.45, 7) is 0.601. The van der Waals surface area contributed by atoms with Crippen LogP contribution in [0, 0.1) is 5.92 Å². The van der Waals surface area contributed by atoms with Gasteiger partial charge in [0.25, 0.3) is 0 Å². The minimum Gasteiger partial charge on any atom is -0.335 e. The molecule has 21 heavy (non-hydrogen) atoms. The van der Waals surface area contributed by atoms with Gasteiger partial charge in [0.1, 0.15) is 0 Å². The third-order valence-electron chi connectivity index (χ3n) is 4.49. The van der Waals surface area contributed by atoms with E-state index in [1.165, 1.54) is 0 Å². The molecule has 2 saturated carbocycles. The normalized spacial score (nSPS) is 25.1. The number of rotatable bonds is 4. The van der Waals surface area contributed by atoms with Crippen LogP contribution >= 0.6 is 23.2 Å². The van der Waals surface area contributed by atoms with Crippen molar-refractivity contribution in [2.24, 2.45) is 11.7 Å². The van der Waals surface area contributed by atoms with Gasteiger partial charge in [0.05, 0.1) is 16.0 Å². The average molecular weight is 327 g/mol. The Morgan fingerprint density at radius 2 is 1.95 bits per heavy atom. The topological polar surface area (TPSA) is 46.3 Å². The third-order valence-corrected chi connectivity index (χ3v) is 5.23. The highest BCUT2D eigenvalue weighted by atomic mass is 35.5.